The normalized spacial score (nSPS) is 14.7. The first-order chi connectivity index (χ1) is 11.9. The van der Waals surface area contributed by atoms with Crippen molar-refractivity contribution in [1.29, 1.82) is 0 Å². The van der Waals surface area contributed by atoms with E-state index in [9.17, 15) is 18.0 Å². The third-order valence-corrected chi connectivity index (χ3v) is 4.23. The van der Waals surface area contributed by atoms with Gasteiger partial charge in [-0.2, -0.15) is 13.2 Å². The fraction of sp³-hybridized carbons (Fsp3) is 0.526. The Balaban J connectivity index is 1.63. The van der Waals surface area contributed by atoms with Gasteiger partial charge in [-0.25, -0.2) is 0 Å². The van der Waals surface area contributed by atoms with E-state index in [1.807, 2.05) is 0 Å². The number of benzene rings is 1. The molecule has 0 radical (unpaired) electrons. The third-order valence-electron chi connectivity index (χ3n) is 4.23. The Kier molecular flexibility index (Phi) is 7.17. The van der Waals surface area contributed by atoms with Crippen molar-refractivity contribution in [2.75, 3.05) is 13.2 Å². The van der Waals surface area contributed by atoms with Gasteiger partial charge in [-0.15, -0.1) is 0 Å². The van der Waals surface area contributed by atoms with Crippen LogP contribution in [0.2, 0.25) is 0 Å². The van der Waals surface area contributed by atoms with Gasteiger partial charge in [-0.05, 0) is 30.5 Å². The average Bonchev–Trinajstić information content (AvgIpc) is 3.09. The standard InChI is InChI=1S/C19H22F3NO2/c20-19(21,22)16-8-5-9-17(14-16)25-13-4-3-12-23-18(24)11-10-15-6-1-2-7-15/h5,8-9,14-15H,1-2,6-7,10-13H2,(H,23,24). The molecule has 2 rings (SSSR count). The SMILES string of the molecule is O=C(CCC1CCCC1)NCC#CCOc1cccc(C(F)(F)F)c1. The van der Waals surface area contributed by atoms with Gasteiger partial charge in [-0.3, -0.25) is 4.79 Å². The summed E-state index contributed by atoms with van der Waals surface area (Å²) in [7, 11) is 0. The fourth-order valence-electron chi connectivity index (χ4n) is 2.86. The smallest absolute Gasteiger partial charge is 0.416 e. The highest BCUT2D eigenvalue weighted by Gasteiger charge is 2.30. The molecule has 6 heteroatoms. The molecule has 1 aromatic rings. The van der Waals surface area contributed by atoms with Gasteiger partial charge >= 0.3 is 6.18 Å². The molecule has 1 aliphatic rings. The summed E-state index contributed by atoms with van der Waals surface area (Å²) in [5, 5.41) is 2.72. The fourth-order valence-corrected chi connectivity index (χ4v) is 2.86. The average molecular weight is 353 g/mol. The zero-order valence-corrected chi connectivity index (χ0v) is 14.0. The van der Waals surface area contributed by atoms with E-state index in [0.717, 1.165) is 18.6 Å². The van der Waals surface area contributed by atoms with Gasteiger partial charge in [0.05, 0.1) is 12.1 Å². The minimum atomic E-state index is -4.40. The van der Waals surface area contributed by atoms with E-state index < -0.39 is 11.7 Å². The van der Waals surface area contributed by atoms with Crippen LogP contribution in [-0.4, -0.2) is 19.1 Å². The van der Waals surface area contributed by atoms with Crippen LogP contribution in [0, 0.1) is 17.8 Å². The van der Waals surface area contributed by atoms with Crippen LogP contribution in [-0.2, 0) is 11.0 Å². The van der Waals surface area contributed by atoms with E-state index in [0.29, 0.717) is 12.3 Å². The molecule has 0 bridgehead atoms. The van der Waals surface area contributed by atoms with Crippen molar-refractivity contribution in [1.82, 2.24) is 5.32 Å². The lowest BCUT2D eigenvalue weighted by molar-refractivity contribution is -0.137. The number of nitrogens with one attached hydrogen (secondary N) is 1. The van der Waals surface area contributed by atoms with Crippen molar-refractivity contribution in [2.45, 2.75) is 44.7 Å². The molecular formula is C19H22F3NO2. The molecule has 25 heavy (non-hydrogen) atoms. The van der Waals surface area contributed by atoms with Crippen LogP contribution in [0.5, 0.6) is 5.75 Å². The first-order valence-electron chi connectivity index (χ1n) is 8.47. The van der Waals surface area contributed by atoms with Crippen molar-refractivity contribution < 1.29 is 22.7 Å². The first-order valence-corrected chi connectivity index (χ1v) is 8.47. The minimum absolute atomic E-state index is 0.0139. The molecule has 1 saturated carbocycles. The predicted octanol–water partition coefficient (Wildman–Crippen LogP) is 4.17. The molecule has 0 spiro atoms. The molecule has 3 nitrogen and oxygen atoms in total. The van der Waals surface area contributed by atoms with E-state index in [2.05, 4.69) is 17.2 Å². The van der Waals surface area contributed by atoms with E-state index in [1.165, 1.54) is 37.8 Å². The summed E-state index contributed by atoms with van der Waals surface area (Å²) in [6.45, 7) is 0.189. The maximum atomic E-state index is 12.6. The number of halogens is 3. The second kappa shape index (κ2) is 9.36. The first kappa shape index (κ1) is 19.2. The summed E-state index contributed by atoms with van der Waals surface area (Å²) in [5.74, 6) is 6.19. The van der Waals surface area contributed by atoms with E-state index in [-0.39, 0.29) is 24.8 Å². The number of alkyl halides is 3. The van der Waals surface area contributed by atoms with Crippen molar-refractivity contribution >= 4 is 5.91 Å². The Bertz CT molecular complexity index is 626. The van der Waals surface area contributed by atoms with Gasteiger partial charge in [0, 0.05) is 6.42 Å². The Morgan fingerprint density at radius 3 is 2.72 bits per heavy atom. The second-order valence-corrected chi connectivity index (χ2v) is 6.13. The van der Waals surface area contributed by atoms with Crippen LogP contribution < -0.4 is 10.1 Å². The maximum Gasteiger partial charge on any atom is 0.416 e. The van der Waals surface area contributed by atoms with Crippen LogP contribution in [0.4, 0.5) is 13.2 Å². The van der Waals surface area contributed by atoms with Crippen molar-refractivity contribution in [3.63, 3.8) is 0 Å². The Morgan fingerprint density at radius 1 is 1.24 bits per heavy atom. The zero-order valence-electron chi connectivity index (χ0n) is 14.0. The lowest BCUT2D eigenvalue weighted by atomic mass is 10.0. The molecule has 1 amide bonds. The molecule has 0 unspecified atom stereocenters. The van der Waals surface area contributed by atoms with Crippen LogP contribution in [0.3, 0.4) is 0 Å². The summed E-state index contributed by atoms with van der Waals surface area (Å²) < 4.78 is 42.9. The number of ether oxygens (including phenoxy) is 1. The van der Waals surface area contributed by atoms with Crippen LogP contribution in [0.1, 0.15) is 44.1 Å². The highest BCUT2D eigenvalue weighted by Crippen LogP contribution is 2.31. The summed E-state index contributed by atoms with van der Waals surface area (Å²) in [4.78, 5) is 11.7. The van der Waals surface area contributed by atoms with Gasteiger partial charge in [0.2, 0.25) is 5.91 Å². The number of hydrogen-bond acceptors (Lipinski definition) is 2. The van der Waals surface area contributed by atoms with Gasteiger partial charge in [0.25, 0.3) is 0 Å². The Labute approximate surface area is 145 Å². The summed E-state index contributed by atoms with van der Waals surface area (Å²) >= 11 is 0. The lowest BCUT2D eigenvalue weighted by Crippen LogP contribution is -2.23. The zero-order chi connectivity index (χ0) is 18.1. The van der Waals surface area contributed by atoms with Crippen molar-refractivity contribution in [3.05, 3.63) is 29.8 Å². The highest BCUT2D eigenvalue weighted by molar-refractivity contribution is 5.76. The third kappa shape index (κ3) is 7.08. The van der Waals surface area contributed by atoms with Crippen molar-refractivity contribution in [3.8, 4) is 17.6 Å². The molecule has 1 aliphatic carbocycles. The van der Waals surface area contributed by atoms with E-state index in [1.54, 1.807) is 0 Å². The van der Waals surface area contributed by atoms with Gasteiger partial charge < -0.3 is 10.1 Å². The number of rotatable bonds is 6. The number of amides is 1. The molecule has 136 valence electrons. The molecule has 0 aromatic heterocycles. The van der Waals surface area contributed by atoms with Crippen LogP contribution in [0.25, 0.3) is 0 Å². The molecule has 0 aliphatic heterocycles. The molecule has 1 aromatic carbocycles. The van der Waals surface area contributed by atoms with Crippen LogP contribution >= 0.6 is 0 Å². The number of hydrogen-bond donors (Lipinski definition) is 1. The minimum Gasteiger partial charge on any atom is -0.481 e. The molecule has 0 heterocycles. The van der Waals surface area contributed by atoms with Gasteiger partial charge in [0.15, 0.2) is 0 Å². The topological polar surface area (TPSA) is 38.3 Å². The van der Waals surface area contributed by atoms with Crippen LogP contribution in [0.15, 0.2) is 24.3 Å². The molecular weight excluding hydrogens is 331 g/mol. The van der Waals surface area contributed by atoms with E-state index in [4.69, 9.17) is 4.74 Å². The summed E-state index contributed by atoms with van der Waals surface area (Å²) in [6.07, 6.45) is 2.03. The summed E-state index contributed by atoms with van der Waals surface area (Å²) in [5.41, 5.74) is -0.757. The van der Waals surface area contributed by atoms with Gasteiger partial charge in [-0.1, -0.05) is 43.6 Å². The molecule has 1 N–H and O–H groups in total. The van der Waals surface area contributed by atoms with Crippen molar-refractivity contribution in [2.24, 2.45) is 5.92 Å². The quantitative estimate of drug-likeness (QED) is 0.780. The largest absolute Gasteiger partial charge is 0.481 e. The highest BCUT2D eigenvalue weighted by atomic mass is 19.4. The number of carbonyl (C=O) groups excluding carboxylic acids is 1. The Morgan fingerprint density at radius 2 is 2.00 bits per heavy atom. The van der Waals surface area contributed by atoms with E-state index >= 15 is 0 Å². The second-order valence-electron chi connectivity index (χ2n) is 6.13. The molecule has 1 fully saturated rings. The van der Waals surface area contributed by atoms with Gasteiger partial charge in [0.1, 0.15) is 12.4 Å². The summed E-state index contributed by atoms with van der Waals surface area (Å²) in [6, 6.07) is 4.66. The lowest BCUT2D eigenvalue weighted by Gasteiger charge is -2.08. The number of carbonyl (C=O) groups is 1. The Hall–Kier alpha value is -2.16. The predicted molar refractivity (Wildman–Crippen MR) is 88.9 cm³/mol. The maximum absolute atomic E-state index is 12.6. The molecule has 0 saturated heterocycles. The molecule has 0 atom stereocenters. The monoisotopic (exact) mass is 353 g/mol.